The van der Waals surface area contributed by atoms with Crippen LogP contribution in [0.4, 0.5) is 0 Å². The van der Waals surface area contributed by atoms with Gasteiger partial charge in [0.05, 0.1) is 6.04 Å². The van der Waals surface area contributed by atoms with E-state index in [2.05, 4.69) is 39.6 Å². The van der Waals surface area contributed by atoms with Gasteiger partial charge in [-0.25, -0.2) is 4.98 Å². The molecule has 1 atom stereocenters. The first kappa shape index (κ1) is 17.0. The zero-order valence-electron chi connectivity index (χ0n) is 14.7. The topological polar surface area (TPSA) is 83.8 Å². The second-order valence-electron chi connectivity index (χ2n) is 6.20. The number of H-pyrrole nitrogens is 1. The lowest BCUT2D eigenvalue weighted by atomic mass is 10.1. The molecule has 2 N–H and O–H groups in total. The van der Waals surface area contributed by atoms with E-state index in [1.807, 2.05) is 38.1 Å². The van der Waals surface area contributed by atoms with Gasteiger partial charge in [-0.15, -0.1) is 0 Å². The molecule has 2 heterocycles. The van der Waals surface area contributed by atoms with Gasteiger partial charge in [0, 0.05) is 18.4 Å². The summed E-state index contributed by atoms with van der Waals surface area (Å²) in [5.74, 6) is 2.89. The zero-order chi connectivity index (χ0) is 17.8. The summed E-state index contributed by atoms with van der Waals surface area (Å²) in [6, 6.07) is 11.8. The Morgan fingerprint density at radius 1 is 1.20 bits per heavy atom. The molecule has 0 saturated carbocycles. The number of benzene rings is 1. The van der Waals surface area contributed by atoms with Crippen molar-refractivity contribution in [1.29, 1.82) is 0 Å². The Balaban J connectivity index is 1.53. The van der Waals surface area contributed by atoms with Crippen molar-refractivity contribution in [2.75, 3.05) is 0 Å². The molecule has 0 bridgehead atoms. The van der Waals surface area contributed by atoms with Gasteiger partial charge in [-0.2, -0.15) is 5.10 Å². The van der Waals surface area contributed by atoms with Crippen LogP contribution in [0.1, 0.15) is 42.4 Å². The molecule has 0 spiro atoms. The van der Waals surface area contributed by atoms with Crippen LogP contribution in [0.2, 0.25) is 0 Å². The number of aryl methyl sites for hydroxylation is 3. The van der Waals surface area contributed by atoms with Crippen molar-refractivity contribution in [3.63, 3.8) is 0 Å². The van der Waals surface area contributed by atoms with E-state index in [0.29, 0.717) is 18.7 Å². The summed E-state index contributed by atoms with van der Waals surface area (Å²) in [5, 5.41) is 9.73. The van der Waals surface area contributed by atoms with Gasteiger partial charge < -0.3 is 9.73 Å². The van der Waals surface area contributed by atoms with Gasteiger partial charge in [-0.3, -0.25) is 9.89 Å². The molecule has 0 fully saturated rings. The lowest BCUT2D eigenvalue weighted by molar-refractivity contribution is -0.121. The summed E-state index contributed by atoms with van der Waals surface area (Å²) in [6.07, 6.45) is 0.909. The molecular formula is C19H22N4O2. The largest absolute Gasteiger partial charge is 0.461 e. The third kappa shape index (κ3) is 4.35. The van der Waals surface area contributed by atoms with Crippen LogP contribution < -0.4 is 5.32 Å². The highest BCUT2D eigenvalue weighted by Gasteiger charge is 2.14. The number of aromatic nitrogens is 3. The van der Waals surface area contributed by atoms with Crippen molar-refractivity contribution in [2.45, 2.75) is 39.7 Å². The third-order valence-electron chi connectivity index (χ3n) is 3.98. The first-order chi connectivity index (χ1) is 12.0. The van der Waals surface area contributed by atoms with Crippen molar-refractivity contribution in [1.82, 2.24) is 20.5 Å². The number of aromatic amines is 1. The molecule has 2 aromatic heterocycles. The lowest BCUT2D eigenvalue weighted by Crippen LogP contribution is -2.27. The van der Waals surface area contributed by atoms with Gasteiger partial charge in [-0.1, -0.05) is 29.8 Å². The second-order valence-corrected chi connectivity index (χ2v) is 6.20. The van der Waals surface area contributed by atoms with Crippen molar-refractivity contribution in [3.05, 3.63) is 59.4 Å². The molecule has 0 saturated heterocycles. The number of rotatable bonds is 6. The van der Waals surface area contributed by atoms with Crippen molar-refractivity contribution in [2.24, 2.45) is 0 Å². The van der Waals surface area contributed by atoms with Crippen molar-refractivity contribution < 1.29 is 9.21 Å². The van der Waals surface area contributed by atoms with Crippen LogP contribution in [0.3, 0.4) is 0 Å². The number of hydrogen-bond acceptors (Lipinski definition) is 4. The molecular weight excluding hydrogens is 316 g/mol. The summed E-state index contributed by atoms with van der Waals surface area (Å²) in [7, 11) is 0. The lowest BCUT2D eigenvalue weighted by Gasteiger charge is -2.09. The molecule has 3 aromatic rings. The Labute approximate surface area is 146 Å². The van der Waals surface area contributed by atoms with Gasteiger partial charge in [-0.05, 0) is 32.9 Å². The maximum absolute atomic E-state index is 12.1. The third-order valence-corrected chi connectivity index (χ3v) is 3.98. The van der Waals surface area contributed by atoms with Crippen molar-refractivity contribution in [3.8, 4) is 11.3 Å². The number of furan rings is 1. The highest BCUT2D eigenvalue weighted by atomic mass is 16.3. The summed E-state index contributed by atoms with van der Waals surface area (Å²) >= 11 is 0. The molecule has 6 nitrogen and oxygen atoms in total. The summed E-state index contributed by atoms with van der Waals surface area (Å²) < 4.78 is 5.84. The predicted molar refractivity (Wildman–Crippen MR) is 94.9 cm³/mol. The number of hydrogen-bond donors (Lipinski definition) is 2. The first-order valence-corrected chi connectivity index (χ1v) is 8.35. The molecule has 0 aliphatic rings. The van der Waals surface area contributed by atoms with E-state index < -0.39 is 0 Å². The van der Waals surface area contributed by atoms with Crippen molar-refractivity contribution >= 4 is 5.91 Å². The standard InChI is InChI=1S/C19H22N4O2/c1-12-4-6-15(7-5-12)17-10-8-16(25-17)9-11-18(24)20-13(2)19-21-14(3)22-23-19/h4-8,10,13H,9,11H2,1-3H3,(H,20,24)(H,21,22,23)/t13-/m1/s1. The minimum atomic E-state index is -0.225. The Morgan fingerprint density at radius 3 is 2.64 bits per heavy atom. The number of nitrogens with zero attached hydrogens (tertiary/aromatic N) is 2. The smallest absolute Gasteiger partial charge is 0.221 e. The zero-order valence-corrected chi connectivity index (χ0v) is 14.7. The van der Waals surface area contributed by atoms with Crippen LogP contribution in [0, 0.1) is 13.8 Å². The Kier molecular flexibility index (Phi) is 4.97. The molecule has 0 radical (unpaired) electrons. The first-order valence-electron chi connectivity index (χ1n) is 8.35. The molecule has 0 unspecified atom stereocenters. The minimum Gasteiger partial charge on any atom is -0.461 e. The molecule has 1 aromatic carbocycles. The van der Waals surface area contributed by atoms with E-state index in [-0.39, 0.29) is 11.9 Å². The number of carbonyl (C=O) groups is 1. The quantitative estimate of drug-likeness (QED) is 0.720. The summed E-state index contributed by atoms with van der Waals surface area (Å²) in [4.78, 5) is 16.3. The molecule has 0 aliphatic heterocycles. The maximum atomic E-state index is 12.1. The SMILES string of the molecule is Cc1ccc(-c2ccc(CCC(=O)N[C@H](C)c3n[nH]c(C)n3)o2)cc1. The van der Waals surface area contributed by atoms with Gasteiger partial charge >= 0.3 is 0 Å². The average Bonchev–Trinajstić information content (AvgIpc) is 3.23. The average molecular weight is 338 g/mol. The monoisotopic (exact) mass is 338 g/mol. The van der Waals surface area contributed by atoms with E-state index >= 15 is 0 Å². The van der Waals surface area contributed by atoms with Crippen LogP contribution in [0.25, 0.3) is 11.3 Å². The number of amides is 1. The van der Waals surface area contributed by atoms with Crippen LogP contribution >= 0.6 is 0 Å². The molecule has 3 rings (SSSR count). The molecule has 1 amide bonds. The van der Waals surface area contributed by atoms with Gasteiger partial charge in [0.25, 0.3) is 0 Å². The van der Waals surface area contributed by atoms with Crippen LogP contribution in [-0.4, -0.2) is 21.1 Å². The van der Waals surface area contributed by atoms with Gasteiger partial charge in [0.1, 0.15) is 17.3 Å². The minimum absolute atomic E-state index is 0.0526. The van der Waals surface area contributed by atoms with E-state index in [4.69, 9.17) is 4.42 Å². The van der Waals surface area contributed by atoms with E-state index in [1.165, 1.54) is 5.56 Å². The highest BCUT2D eigenvalue weighted by Crippen LogP contribution is 2.23. The molecule has 0 aliphatic carbocycles. The van der Waals surface area contributed by atoms with Gasteiger partial charge in [0.2, 0.25) is 5.91 Å². The molecule has 130 valence electrons. The predicted octanol–water partition coefficient (Wildman–Crippen LogP) is 3.49. The van der Waals surface area contributed by atoms with Crippen LogP contribution in [-0.2, 0) is 11.2 Å². The highest BCUT2D eigenvalue weighted by molar-refractivity contribution is 5.76. The molecule has 25 heavy (non-hydrogen) atoms. The Bertz CT molecular complexity index is 848. The Morgan fingerprint density at radius 2 is 1.96 bits per heavy atom. The maximum Gasteiger partial charge on any atom is 0.221 e. The normalized spacial score (nSPS) is 12.1. The van der Waals surface area contributed by atoms with E-state index in [1.54, 1.807) is 0 Å². The Hall–Kier alpha value is -2.89. The van der Waals surface area contributed by atoms with E-state index in [0.717, 1.165) is 22.9 Å². The van der Waals surface area contributed by atoms with Crippen LogP contribution in [0.15, 0.2) is 40.8 Å². The van der Waals surface area contributed by atoms with E-state index in [9.17, 15) is 4.79 Å². The summed E-state index contributed by atoms with van der Waals surface area (Å²) in [5.41, 5.74) is 2.25. The molecule has 6 heteroatoms. The fourth-order valence-corrected chi connectivity index (χ4v) is 2.55. The number of carbonyl (C=O) groups excluding carboxylic acids is 1. The fraction of sp³-hybridized carbons (Fsp3) is 0.316. The van der Waals surface area contributed by atoms with Gasteiger partial charge in [0.15, 0.2) is 5.82 Å². The summed E-state index contributed by atoms with van der Waals surface area (Å²) in [6.45, 7) is 5.74. The number of nitrogens with one attached hydrogen (secondary N) is 2. The second kappa shape index (κ2) is 7.34. The fourth-order valence-electron chi connectivity index (χ4n) is 2.55. The van der Waals surface area contributed by atoms with Crippen LogP contribution in [0.5, 0.6) is 0 Å².